The van der Waals surface area contributed by atoms with Crippen LogP contribution in [0.1, 0.15) is 63.7 Å². The molecule has 5 atom stereocenters. The van der Waals surface area contributed by atoms with E-state index in [0.717, 1.165) is 32.1 Å². The topological polar surface area (TPSA) is 210 Å². The van der Waals surface area contributed by atoms with Gasteiger partial charge in [0.2, 0.25) is 0 Å². The highest BCUT2D eigenvalue weighted by atomic mass is 31.2. The standard InChI is InChI=1S/C31H40FN6O9P/c1-3-5-6-7-8-12-15-44-25(40)18-45-48(43,37-22(29(41)42)16-21-13-10-9-11-14-21)46-19-31(4-2)23(39)17-24(47-31)38-20-34-26-27(33)35-30(32)36-28(26)38/h2,9-11,13-14,20,22-24,39H,3,5-8,12,15-19H2,1H3,(H,37,43)(H,41,42)(H2,33,35,36)/t22-,23-,24+,31+,48?/m0/s1. The third kappa shape index (κ3) is 9.56. The number of fused-ring (bicyclic) bond motifs is 1. The van der Waals surface area contributed by atoms with E-state index in [9.17, 15) is 28.8 Å². The number of aliphatic carboxylic acids is 1. The summed E-state index contributed by atoms with van der Waals surface area (Å²) in [5, 5.41) is 23.4. The second kappa shape index (κ2) is 16.9. The van der Waals surface area contributed by atoms with Crippen molar-refractivity contribution in [2.24, 2.45) is 0 Å². The summed E-state index contributed by atoms with van der Waals surface area (Å²) in [4.78, 5) is 35.9. The number of nitrogen functional groups attached to an aromatic ring is 1. The van der Waals surface area contributed by atoms with Gasteiger partial charge in [0.15, 0.2) is 29.2 Å². The van der Waals surface area contributed by atoms with Crippen LogP contribution in [0, 0.1) is 18.4 Å². The van der Waals surface area contributed by atoms with Gasteiger partial charge in [-0.05, 0) is 18.4 Å². The number of carboxylic acids is 1. The number of rotatable bonds is 19. The van der Waals surface area contributed by atoms with Gasteiger partial charge in [0.25, 0.3) is 0 Å². The molecule has 1 aliphatic heterocycles. The number of carbonyl (C=O) groups is 2. The zero-order chi connectivity index (χ0) is 34.7. The third-order valence-corrected chi connectivity index (χ3v) is 9.31. The van der Waals surface area contributed by atoms with Gasteiger partial charge in [-0.25, -0.2) is 19.4 Å². The van der Waals surface area contributed by atoms with E-state index in [1.165, 1.54) is 10.9 Å². The molecule has 1 aliphatic rings. The number of terminal acetylenes is 1. The molecule has 2 aromatic heterocycles. The summed E-state index contributed by atoms with van der Waals surface area (Å²) in [5.74, 6) is -0.101. The summed E-state index contributed by atoms with van der Waals surface area (Å²) < 4.78 is 51.5. The van der Waals surface area contributed by atoms with E-state index in [4.69, 9.17) is 30.7 Å². The number of imidazole rings is 1. The summed E-state index contributed by atoms with van der Waals surface area (Å²) in [6, 6.07) is 7.06. The molecule has 0 saturated carbocycles. The normalized spacial score (nSPS) is 21.0. The van der Waals surface area contributed by atoms with Gasteiger partial charge in [-0.15, -0.1) is 6.42 Å². The Morgan fingerprint density at radius 2 is 1.96 bits per heavy atom. The molecule has 0 amide bonds. The van der Waals surface area contributed by atoms with Crippen molar-refractivity contribution in [1.29, 1.82) is 0 Å². The molecule has 0 radical (unpaired) electrons. The molecular formula is C31H40FN6O9P. The Morgan fingerprint density at radius 1 is 1.23 bits per heavy atom. The summed E-state index contributed by atoms with van der Waals surface area (Å²) in [5.41, 5.74) is 4.48. The maximum absolute atomic E-state index is 14.1. The number of carboxylic acid groups (broad SMARTS) is 1. The molecule has 1 unspecified atom stereocenters. The van der Waals surface area contributed by atoms with Gasteiger partial charge in [-0.3, -0.25) is 18.4 Å². The van der Waals surface area contributed by atoms with Gasteiger partial charge in [-0.1, -0.05) is 75.3 Å². The number of esters is 1. The molecule has 0 spiro atoms. The van der Waals surface area contributed by atoms with Crippen molar-refractivity contribution in [3.8, 4) is 12.3 Å². The van der Waals surface area contributed by atoms with Crippen LogP contribution in [-0.2, 0) is 39.1 Å². The molecule has 1 saturated heterocycles. The Morgan fingerprint density at radius 3 is 2.67 bits per heavy atom. The summed E-state index contributed by atoms with van der Waals surface area (Å²) >= 11 is 0. The molecule has 1 aromatic carbocycles. The lowest BCUT2D eigenvalue weighted by Crippen LogP contribution is -2.44. The van der Waals surface area contributed by atoms with Crippen molar-refractivity contribution in [2.45, 2.75) is 82.3 Å². The number of anilines is 1. The van der Waals surface area contributed by atoms with Crippen LogP contribution < -0.4 is 10.8 Å². The Hall–Kier alpha value is -3.97. The zero-order valence-electron chi connectivity index (χ0n) is 26.5. The molecule has 0 aliphatic carbocycles. The number of hydrogen-bond donors (Lipinski definition) is 4. The lowest BCUT2D eigenvalue weighted by molar-refractivity contribution is -0.146. The molecule has 4 rings (SSSR count). The Labute approximate surface area is 276 Å². The highest BCUT2D eigenvalue weighted by molar-refractivity contribution is 7.51. The molecule has 17 heteroatoms. The fourth-order valence-electron chi connectivity index (χ4n) is 5.11. The van der Waals surface area contributed by atoms with Crippen molar-refractivity contribution < 1.29 is 47.3 Å². The molecular weight excluding hydrogens is 650 g/mol. The second-order valence-corrected chi connectivity index (χ2v) is 13.1. The van der Waals surface area contributed by atoms with E-state index in [1.54, 1.807) is 30.3 Å². The van der Waals surface area contributed by atoms with Crippen molar-refractivity contribution in [3.63, 3.8) is 0 Å². The van der Waals surface area contributed by atoms with Crippen molar-refractivity contribution in [1.82, 2.24) is 24.6 Å². The molecule has 260 valence electrons. The Kier molecular flexibility index (Phi) is 13.0. The number of ether oxygens (including phenoxy) is 2. The first-order valence-corrected chi connectivity index (χ1v) is 17.1. The summed E-state index contributed by atoms with van der Waals surface area (Å²) in [6.45, 7) is 0.642. The zero-order valence-corrected chi connectivity index (χ0v) is 27.4. The smallest absolute Gasteiger partial charge is 0.406 e. The number of benzene rings is 1. The second-order valence-electron chi connectivity index (χ2n) is 11.3. The Balaban J connectivity index is 1.48. The minimum absolute atomic E-state index is 0.0219. The highest BCUT2D eigenvalue weighted by Crippen LogP contribution is 2.48. The number of aliphatic hydroxyl groups excluding tert-OH is 1. The molecule has 5 N–H and O–H groups in total. The lowest BCUT2D eigenvalue weighted by Gasteiger charge is -2.29. The molecule has 3 aromatic rings. The van der Waals surface area contributed by atoms with Gasteiger partial charge in [-0.2, -0.15) is 14.4 Å². The van der Waals surface area contributed by atoms with Gasteiger partial charge in [0, 0.05) is 6.42 Å². The van der Waals surface area contributed by atoms with Crippen LogP contribution in [0.2, 0.25) is 0 Å². The number of hydrogen-bond acceptors (Lipinski definition) is 12. The molecule has 3 heterocycles. The van der Waals surface area contributed by atoms with Crippen molar-refractivity contribution >= 4 is 36.7 Å². The maximum atomic E-state index is 14.1. The number of nitrogens with one attached hydrogen (secondary N) is 1. The van der Waals surface area contributed by atoms with Crippen LogP contribution in [0.25, 0.3) is 11.2 Å². The quantitative estimate of drug-likeness (QED) is 0.0466. The lowest BCUT2D eigenvalue weighted by atomic mass is 9.99. The van der Waals surface area contributed by atoms with E-state index in [0.29, 0.717) is 12.0 Å². The van der Waals surface area contributed by atoms with E-state index in [-0.39, 0.29) is 36.4 Å². The van der Waals surface area contributed by atoms with Crippen molar-refractivity contribution in [2.75, 3.05) is 25.6 Å². The van der Waals surface area contributed by atoms with Crippen LogP contribution in [0.15, 0.2) is 36.7 Å². The third-order valence-electron chi connectivity index (χ3n) is 7.74. The SMILES string of the molecule is C#C[C@]1(COP(=O)(N[C@@H](Cc2ccccc2)C(=O)O)OCC(=O)OCCCCCCCC)O[C@@H](n2cnc3c(N)nc(F)nc32)C[C@@H]1O. The number of halogens is 1. The minimum Gasteiger partial charge on any atom is -0.480 e. The highest BCUT2D eigenvalue weighted by Gasteiger charge is 2.50. The average Bonchev–Trinajstić information content (AvgIpc) is 3.63. The first-order valence-electron chi connectivity index (χ1n) is 15.6. The first kappa shape index (κ1) is 36.9. The molecule has 1 fully saturated rings. The fraction of sp³-hybridized carbons (Fsp3) is 0.516. The van der Waals surface area contributed by atoms with Gasteiger partial charge in [0.05, 0.1) is 12.9 Å². The van der Waals surface area contributed by atoms with E-state index in [2.05, 4.69) is 32.9 Å². The molecule has 15 nitrogen and oxygen atoms in total. The average molecular weight is 691 g/mol. The minimum atomic E-state index is -4.67. The number of carbonyl (C=O) groups excluding carboxylic acids is 1. The number of nitrogens with zero attached hydrogens (tertiary/aromatic N) is 4. The van der Waals surface area contributed by atoms with Crippen LogP contribution in [-0.4, -0.2) is 79.2 Å². The molecule has 0 bridgehead atoms. The van der Waals surface area contributed by atoms with Gasteiger partial charge >= 0.3 is 25.8 Å². The molecule has 48 heavy (non-hydrogen) atoms. The largest absolute Gasteiger partial charge is 0.480 e. The monoisotopic (exact) mass is 690 g/mol. The van der Waals surface area contributed by atoms with Crippen LogP contribution in [0.4, 0.5) is 10.2 Å². The number of unbranched alkanes of at least 4 members (excludes halogenated alkanes) is 5. The Bertz CT molecular complexity index is 1640. The van der Waals surface area contributed by atoms with E-state index >= 15 is 0 Å². The fourth-order valence-corrected chi connectivity index (χ4v) is 6.56. The summed E-state index contributed by atoms with van der Waals surface area (Å²) in [7, 11) is -4.67. The number of nitrogens with two attached hydrogens (primary N) is 1. The van der Waals surface area contributed by atoms with Crippen LogP contribution >= 0.6 is 7.75 Å². The maximum Gasteiger partial charge on any atom is 0.406 e. The van der Waals surface area contributed by atoms with Gasteiger partial charge in [0.1, 0.15) is 25.0 Å². The van der Waals surface area contributed by atoms with Crippen LogP contribution in [0.3, 0.4) is 0 Å². The van der Waals surface area contributed by atoms with Gasteiger partial charge < -0.3 is 25.4 Å². The predicted molar refractivity (Wildman–Crippen MR) is 171 cm³/mol. The number of aliphatic hydroxyl groups is 1. The predicted octanol–water partition coefficient (Wildman–Crippen LogP) is 3.53. The summed E-state index contributed by atoms with van der Waals surface area (Å²) in [6.07, 6.45) is 9.03. The van der Waals surface area contributed by atoms with Crippen molar-refractivity contribution in [3.05, 3.63) is 48.3 Å². The van der Waals surface area contributed by atoms with Crippen LogP contribution in [0.5, 0.6) is 0 Å². The van der Waals surface area contributed by atoms with E-state index < -0.39 is 63.0 Å². The van der Waals surface area contributed by atoms with E-state index in [1.807, 2.05) is 0 Å². The number of aromatic nitrogens is 4. The first-order chi connectivity index (χ1) is 23.0.